The summed E-state index contributed by atoms with van der Waals surface area (Å²) in [5.74, 6) is -2.86. The highest BCUT2D eigenvalue weighted by Gasteiger charge is 2.26. The largest absolute Gasteiger partial charge is 0.481 e. The number of sulfonamides is 1. The highest BCUT2D eigenvalue weighted by molar-refractivity contribution is 7.89. The number of rotatable bonds is 13. The number of fused-ring (bicyclic) bond motifs is 1. The van der Waals surface area contributed by atoms with E-state index in [1.807, 2.05) is 26.0 Å². The van der Waals surface area contributed by atoms with E-state index in [0.29, 0.717) is 11.1 Å². The first-order chi connectivity index (χ1) is 20.7. The monoisotopic (exact) mass is 617 g/mol. The van der Waals surface area contributed by atoms with Crippen LogP contribution < -0.4 is 11.1 Å². The second kappa shape index (κ2) is 13.3. The summed E-state index contributed by atoms with van der Waals surface area (Å²) in [7, 11) is -2.56. The molecular weight excluding hydrogens is 578 g/mol. The van der Waals surface area contributed by atoms with Crippen LogP contribution in [-0.4, -0.2) is 66.6 Å². The number of aliphatic hydroxyl groups excluding tert-OH is 1. The molecule has 1 amide bonds. The molecule has 5 N–H and O–H groups in total. The van der Waals surface area contributed by atoms with Crippen LogP contribution in [0.2, 0.25) is 0 Å². The number of nitrogens with one attached hydrogen (secondary N) is 1. The Balaban J connectivity index is 1.44. The highest BCUT2D eigenvalue weighted by Crippen LogP contribution is 2.29. The van der Waals surface area contributed by atoms with Crippen molar-refractivity contribution in [3.05, 3.63) is 102 Å². The maximum atomic E-state index is 13.5. The fourth-order valence-corrected chi connectivity index (χ4v) is 6.50. The van der Waals surface area contributed by atoms with E-state index in [1.165, 1.54) is 37.6 Å². The van der Waals surface area contributed by atoms with Crippen LogP contribution in [0.1, 0.15) is 48.2 Å². The van der Waals surface area contributed by atoms with Gasteiger partial charge in [-0.1, -0.05) is 60.7 Å². The molecule has 0 aliphatic heterocycles. The molecule has 4 rings (SSSR count). The van der Waals surface area contributed by atoms with E-state index in [2.05, 4.69) is 35.6 Å². The van der Waals surface area contributed by atoms with Crippen molar-refractivity contribution >= 4 is 32.7 Å². The zero-order chi connectivity index (χ0) is 32.2. The Hall–Kier alpha value is -4.09. The summed E-state index contributed by atoms with van der Waals surface area (Å²) < 4.78 is 28.0. The minimum atomic E-state index is -3.97. The van der Waals surface area contributed by atoms with Crippen molar-refractivity contribution in [1.82, 2.24) is 9.62 Å². The predicted octanol–water partition coefficient (Wildman–Crippen LogP) is 4.39. The molecular formula is C34H39N3O6S. The molecule has 0 bridgehead atoms. The molecule has 0 saturated heterocycles. The fourth-order valence-electron chi connectivity index (χ4n) is 5.25. The molecule has 4 aromatic carbocycles. The van der Waals surface area contributed by atoms with E-state index >= 15 is 0 Å². The van der Waals surface area contributed by atoms with E-state index in [9.17, 15) is 28.2 Å². The number of amides is 1. The number of aliphatic hydroxyl groups is 1. The van der Waals surface area contributed by atoms with E-state index < -0.39 is 33.9 Å². The van der Waals surface area contributed by atoms with Gasteiger partial charge in [-0.05, 0) is 84.5 Å². The maximum Gasteiger partial charge on any atom is 0.310 e. The van der Waals surface area contributed by atoms with Gasteiger partial charge in [0.15, 0.2) is 0 Å². The van der Waals surface area contributed by atoms with E-state index in [1.54, 1.807) is 24.3 Å². The lowest BCUT2D eigenvalue weighted by atomic mass is 9.91. The van der Waals surface area contributed by atoms with Crippen molar-refractivity contribution in [3.8, 4) is 11.1 Å². The SMILES string of the molecule is CC(C(=O)O)c1cc(-c2cccc(S(=O)(=O)N(C)C[C@H](O)CNC(C)(C)Cc3ccc4ccccc4c3)c2)ccc1C(N)=O. The third kappa shape index (κ3) is 7.70. The molecule has 232 valence electrons. The summed E-state index contributed by atoms with van der Waals surface area (Å²) in [6, 6.07) is 25.3. The van der Waals surface area contributed by atoms with Gasteiger partial charge in [0.05, 0.1) is 16.9 Å². The molecule has 0 aromatic heterocycles. The van der Waals surface area contributed by atoms with Crippen LogP contribution in [0, 0.1) is 0 Å². The van der Waals surface area contributed by atoms with Crippen molar-refractivity contribution in [2.75, 3.05) is 20.1 Å². The van der Waals surface area contributed by atoms with Crippen LogP contribution in [0.25, 0.3) is 21.9 Å². The molecule has 9 nitrogen and oxygen atoms in total. The smallest absolute Gasteiger partial charge is 0.310 e. The quantitative estimate of drug-likeness (QED) is 0.174. The topological polar surface area (TPSA) is 150 Å². The number of primary amides is 1. The van der Waals surface area contributed by atoms with Gasteiger partial charge in [-0.2, -0.15) is 4.31 Å². The molecule has 0 fully saturated rings. The van der Waals surface area contributed by atoms with Gasteiger partial charge >= 0.3 is 5.97 Å². The van der Waals surface area contributed by atoms with Crippen LogP contribution in [0.15, 0.2) is 89.8 Å². The number of carbonyl (C=O) groups is 2. The van der Waals surface area contributed by atoms with Crippen LogP contribution in [0.5, 0.6) is 0 Å². The van der Waals surface area contributed by atoms with Gasteiger partial charge in [-0.25, -0.2) is 8.42 Å². The summed E-state index contributed by atoms with van der Waals surface area (Å²) in [5, 5.41) is 26.0. The van der Waals surface area contributed by atoms with Crippen LogP contribution >= 0.6 is 0 Å². The van der Waals surface area contributed by atoms with Crippen molar-refractivity contribution in [2.45, 2.75) is 49.6 Å². The molecule has 1 unspecified atom stereocenters. The first-order valence-electron chi connectivity index (χ1n) is 14.3. The van der Waals surface area contributed by atoms with Gasteiger partial charge in [0.2, 0.25) is 15.9 Å². The lowest BCUT2D eigenvalue weighted by molar-refractivity contribution is -0.138. The van der Waals surface area contributed by atoms with Gasteiger partial charge in [0.1, 0.15) is 0 Å². The molecule has 4 aromatic rings. The number of hydrogen-bond acceptors (Lipinski definition) is 6. The number of likely N-dealkylation sites (N-methyl/N-ethyl adjacent to an activating group) is 1. The number of carboxylic acids is 1. The lowest BCUT2D eigenvalue weighted by Gasteiger charge is -2.29. The number of benzene rings is 4. The zero-order valence-electron chi connectivity index (χ0n) is 25.3. The third-order valence-electron chi connectivity index (χ3n) is 7.77. The molecule has 0 aliphatic carbocycles. The highest BCUT2D eigenvalue weighted by atomic mass is 32.2. The fraction of sp³-hybridized carbons (Fsp3) is 0.294. The second-order valence-electron chi connectivity index (χ2n) is 11.8. The Bertz CT molecular complexity index is 1790. The summed E-state index contributed by atoms with van der Waals surface area (Å²) in [5.41, 5.74) is 7.65. The third-order valence-corrected chi connectivity index (χ3v) is 9.59. The number of hydrogen-bond donors (Lipinski definition) is 4. The van der Waals surface area contributed by atoms with E-state index in [4.69, 9.17) is 5.73 Å². The molecule has 0 heterocycles. The normalized spacial score (nSPS) is 13.6. The van der Waals surface area contributed by atoms with Gasteiger partial charge in [-0.15, -0.1) is 0 Å². The maximum absolute atomic E-state index is 13.5. The standard InChI is InChI=1S/C34H39N3O6S/c1-22(33(40)41)31-18-27(14-15-30(31)32(35)39)26-10-7-11-29(17-26)44(42,43)37(4)21-28(38)20-36-34(2,3)19-23-12-13-24-8-5-6-9-25(24)16-23/h5-18,22,28,36,38H,19-21H2,1-4H3,(H2,35,39)(H,40,41)/t22?,28-/m1/s1. The Morgan fingerprint density at radius 2 is 1.61 bits per heavy atom. The van der Waals surface area contributed by atoms with Crippen molar-refractivity contribution in [3.63, 3.8) is 0 Å². The van der Waals surface area contributed by atoms with Crippen molar-refractivity contribution in [1.29, 1.82) is 0 Å². The van der Waals surface area contributed by atoms with Crippen molar-refractivity contribution in [2.24, 2.45) is 5.73 Å². The summed E-state index contributed by atoms with van der Waals surface area (Å²) in [6.45, 7) is 5.60. The Morgan fingerprint density at radius 3 is 2.30 bits per heavy atom. The Labute approximate surface area is 258 Å². The molecule has 0 saturated carbocycles. The minimum absolute atomic E-state index is 0.0149. The minimum Gasteiger partial charge on any atom is -0.481 e. The van der Waals surface area contributed by atoms with Crippen LogP contribution in [0.3, 0.4) is 0 Å². The summed E-state index contributed by atoms with van der Waals surface area (Å²) >= 11 is 0. The van der Waals surface area contributed by atoms with Gasteiger partial charge in [0.25, 0.3) is 0 Å². The Kier molecular flexibility index (Phi) is 9.90. The number of aliphatic carboxylic acids is 1. The molecule has 2 atom stereocenters. The van der Waals surface area contributed by atoms with Gasteiger partial charge < -0.3 is 21.3 Å². The van der Waals surface area contributed by atoms with E-state index in [0.717, 1.165) is 21.7 Å². The molecule has 44 heavy (non-hydrogen) atoms. The number of carboxylic acid groups (broad SMARTS) is 1. The van der Waals surface area contributed by atoms with Crippen molar-refractivity contribution < 1.29 is 28.2 Å². The number of β-amino-alcohol motifs (C(OH)–C–C–N with tert-alkyl or cyclic N) is 1. The summed E-state index contributed by atoms with van der Waals surface area (Å²) in [4.78, 5) is 23.5. The number of nitrogens with two attached hydrogens (primary N) is 1. The predicted molar refractivity (Wildman–Crippen MR) is 172 cm³/mol. The number of carbonyl (C=O) groups excluding carboxylic acids is 1. The van der Waals surface area contributed by atoms with Gasteiger partial charge in [0, 0.05) is 31.2 Å². The second-order valence-corrected chi connectivity index (χ2v) is 13.9. The number of nitrogens with zero attached hydrogens (tertiary/aromatic N) is 1. The van der Waals surface area contributed by atoms with Gasteiger partial charge in [-0.3, -0.25) is 9.59 Å². The first kappa shape index (κ1) is 32.8. The van der Waals surface area contributed by atoms with Crippen LogP contribution in [-0.2, 0) is 21.2 Å². The Morgan fingerprint density at radius 1 is 0.932 bits per heavy atom. The average Bonchev–Trinajstić information content (AvgIpc) is 2.99. The molecule has 0 spiro atoms. The lowest BCUT2D eigenvalue weighted by Crippen LogP contribution is -2.47. The molecule has 10 heteroatoms. The molecule has 0 radical (unpaired) electrons. The first-order valence-corrected chi connectivity index (χ1v) is 15.8. The molecule has 0 aliphatic rings. The summed E-state index contributed by atoms with van der Waals surface area (Å²) in [6.07, 6.45) is -0.242. The zero-order valence-corrected chi connectivity index (χ0v) is 26.1. The van der Waals surface area contributed by atoms with Crippen LogP contribution in [0.4, 0.5) is 0 Å². The average molecular weight is 618 g/mol. The van der Waals surface area contributed by atoms with E-state index in [-0.39, 0.29) is 34.7 Å².